The molecule has 1 fully saturated rings. The lowest BCUT2D eigenvalue weighted by Gasteiger charge is -2.34. The molecule has 0 radical (unpaired) electrons. The molecule has 4 nitrogen and oxygen atoms in total. The van der Waals surface area contributed by atoms with Gasteiger partial charge in [-0.25, -0.2) is 0 Å². The molecule has 2 unspecified atom stereocenters. The third kappa shape index (κ3) is 1.47. The molecule has 1 N–H and O–H groups in total. The lowest BCUT2D eigenvalue weighted by molar-refractivity contribution is -0.131. The molecule has 1 aliphatic carbocycles. The second-order valence-corrected chi connectivity index (χ2v) is 3.80. The van der Waals surface area contributed by atoms with Crippen LogP contribution in [0.15, 0.2) is 35.8 Å². The molecule has 2 atom stereocenters. The van der Waals surface area contributed by atoms with Crippen LogP contribution >= 0.6 is 0 Å². The molecule has 1 saturated heterocycles. The van der Waals surface area contributed by atoms with Crippen molar-refractivity contribution in [1.82, 2.24) is 5.32 Å². The van der Waals surface area contributed by atoms with Crippen LogP contribution in [0.25, 0.3) is 0 Å². The molecule has 0 aromatic heterocycles. The van der Waals surface area contributed by atoms with Gasteiger partial charge in [0.05, 0.1) is 6.26 Å². The Bertz CT molecular complexity index is 395. The van der Waals surface area contributed by atoms with Crippen molar-refractivity contribution < 1.29 is 14.3 Å². The van der Waals surface area contributed by atoms with E-state index in [4.69, 9.17) is 9.47 Å². The summed E-state index contributed by atoms with van der Waals surface area (Å²) in [5.41, 5.74) is 1.95. The first-order valence-corrected chi connectivity index (χ1v) is 4.98. The van der Waals surface area contributed by atoms with Crippen LogP contribution < -0.4 is 5.32 Å². The van der Waals surface area contributed by atoms with Gasteiger partial charge in [0.1, 0.15) is 18.8 Å². The number of nitrogens with one attached hydrogen (secondary N) is 1. The molecule has 1 amide bonds. The number of fused-ring (bicyclic) bond motifs is 2. The Morgan fingerprint density at radius 3 is 3.27 bits per heavy atom. The summed E-state index contributed by atoms with van der Waals surface area (Å²) < 4.78 is 10.9. The van der Waals surface area contributed by atoms with Crippen LogP contribution in [0.4, 0.5) is 0 Å². The van der Waals surface area contributed by atoms with E-state index in [1.807, 2.05) is 18.2 Å². The third-order valence-corrected chi connectivity index (χ3v) is 2.78. The van der Waals surface area contributed by atoms with E-state index in [2.05, 4.69) is 5.32 Å². The molecule has 15 heavy (non-hydrogen) atoms. The molecule has 0 spiro atoms. The van der Waals surface area contributed by atoms with Crippen LogP contribution in [0.1, 0.15) is 6.42 Å². The van der Waals surface area contributed by atoms with Gasteiger partial charge in [-0.2, -0.15) is 0 Å². The van der Waals surface area contributed by atoms with E-state index in [1.54, 1.807) is 6.26 Å². The average Bonchev–Trinajstić information content (AvgIpc) is 2.26. The van der Waals surface area contributed by atoms with Crippen LogP contribution in [0.5, 0.6) is 0 Å². The van der Waals surface area contributed by atoms with Crippen LogP contribution in [-0.2, 0) is 14.3 Å². The van der Waals surface area contributed by atoms with Gasteiger partial charge < -0.3 is 14.8 Å². The number of carbonyl (C=O) groups is 1. The molecule has 0 saturated carbocycles. The third-order valence-electron chi connectivity index (χ3n) is 2.78. The predicted octanol–water partition coefficient (Wildman–Crippen LogP) is 0.628. The lowest BCUT2D eigenvalue weighted by Crippen LogP contribution is -2.45. The Kier molecular flexibility index (Phi) is 1.89. The molecule has 0 aromatic rings. The quantitative estimate of drug-likeness (QED) is 0.631. The van der Waals surface area contributed by atoms with Crippen LogP contribution in [0, 0.1) is 0 Å². The van der Waals surface area contributed by atoms with Gasteiger partial charge in [-0.05, 0) is 17.7 Å². The summed E-state index contributed by atoms with van der Waals surface area (Å²) in [6.07, 6.45) is 8.29. The second kappa shape index (κ2) is 3.24. The van der Waals surface area contributed by atoms with E-state index in [1.165, 1.54) is 0 Å². The fourth-order valence-electron chi connectivity index (χ4n) is 2.05. The van der Waals surface area contributed by atoms with E-state index in [-0.39, 0.29) is 24.7 Å². The van der Waals surface area contributed by atoms with Crippen molar-refractivity contribution in [1.29, 1.82) is 0 Å². The van der Waals surface area contributed by atoms with E-state index in [0.29, 0.717) is 0 Å². The highest BCUT2D eigenvalue weighted by Crippen LogP contribution is 2.29. The Morgan fingerprint density at radius 2 is 2.33 bits per heavy atom. The first kappa shape index (κ1) is 8.73. The summed E-state index contributed by atoms with van der Waals surface area (Å²) in [6.45, 7) is 0.142. The van der Waals surface area contributed by atoms with E-state index in [9.17, 15) is 4.79 Å². The maximum absolute atomic E-state index is 11.1. The molecule has 0 aromatic carbocycles. The zero-order chi connectivity index (χ0) is 10.3. The Balaban J connectivity index is 1.93. The van der Waals surface area contributed by atoms with Crippen LogP contribution in [-0.4, -0.2) is 24.7 Å². The second-order valence-electron chi connectivity index (χ2n) is 3.80. The highest BCUT2D eigenvalue weighted by Gasteiger charge is 2.33. The van der Waals surface area contributed by atoms with Crippen molar-refractivity contribution >= 4 is 5.91 Å². The Hall–Kier alpha value is -1.55. The van der Waals surface area contributed by atoms with Gasteiger partial charge in [0.15, 0.2) is 0 Å². The predicted molar refractivity (Wildman–Crippen MR) is 52.7 cm³/mol. The maximum Gasteiger partial charge on any atom is 0.250 e. The zero-order valence-electron chi connectivity index (χ0n) is 8.10. The fourth-order valence-corrected chi connectivity index (χ4v) is 2.05. The summed E-state index contributed by atoms with van der Waals surface area (Å²) in [4.78, 5) is 11.1. The normalized spacial score (nSPS) is 32.9. The highest BCUT2D eigenvalue weighted by atomic mass is 16.5. The summed E-state index contributed by atoms with van der Waals surface area (Å²) in [5.74, 6) is -0.0798. The van der Waals surface area contributed by atoms with Gasteiger partial charge in [0.25, 0.3) is 0 Å². The number of ether oxygens (including phenoxy) is 2. The number of morpholine rings is 1. The topological polar surface area (TPSA) is 47.6 Å². The Labute approximate surface area is 87.2 Å². The van der Waals surface area contributed by atoms with Gasteiger partial charge >= 0.3 is 0 Å². The van der Waals surface area contributed by atoms with E-state index >= 15 is 0 Å². The lowest BCUT2D eigenvalue weighted by atomic mass is 9.92. The molecular weight excluding hydrogens is 194 g/mol. The maximum atomic E-state index is 11.1. The van der Waals surface area contributed by atoms with Crippen molar-refractivity contribution in [2.75, 3.05) is 6.61 Å². The van der Waals surface area contributed by atoms with Crippen molar-refractivity contribution in [2.45, 2.75) is 18.6 Å². The van der Waals surface area contributed by atoms with Crippen LogP contribution in [0.3, 0.4) is 0 Å². The van der Waals surface area contributed by atoms with Gasteiger partial charge in [0, 0.05) is 12.1 Å². The average molecular weight is 205 g/mol. The number of hydrogen-bond donors (Lipinski definition) is 1. The molecule has 2 aliphatic heterocycles. The smallest absolute Gasteiger partial charge is 0.250 e. The minimum Gasteiger partial charge on any atom is -0.493 e. The molecule has 3 aliphatic rings. The van der Waals surface area contributed by atoms with E-state index in [0.717, 1.165) is 17.7 Å². The number of allylic oxidation sites excluding steroid dienone is 2. The first-order chi connectivity index (χ1) is 7.33. The van der Waals surface area contributed by atoms with Crippen molar-refractivity contribution in [3.63, 3.8) is 0 Å². The molecule has 3 rings (SSSR count). The van der Waals surface area contributed by atoms with Crippen molar-refractivity contribution in [2.24, 2.45) is 0 Å². The number of rotatable bonds is 0. The summed E-state index contributed by atoms with van der Waals surface area (Å²) in [5, 5.41) is 2.83. The van der Waals surface area contributed by atoms with Crippen LogP contribution in [0.2, 0.25) is 0 Å². The molecule has 78 valence electrons. The van der Waals surface area contributed by atoms with E-state index < -0.39 is 0 Å². The minimum absolute atomic E-state index is 0.0312. The zero-order valence-corrected chi connectivity index (χ0v) is 8.10. The number of carbonyl (C=O) groups excluding carboxylic acids is 1. The largest absolute Gasteiger partial charge is 0.493 e. The number of amides is 1. The van der Waals surface area contributed by atoms with Crippen molar-refractivity contribution in [3.05, 3.63) is 35.8 Å². The summed E-state index contributed by atoms with van der Waals surface area (Å²) >= 11 is 0. The summed E-state index contributed by atoms with van der Waals surface area (Å²) in [6, 6.07) is 0. The Morgan fingerprint density at radius 1 is 1.40 bits per heavy atom. The fraction of sp³-hybridized carbons (Fsp3) is 0.364. The SMILES string of the molecule is O=C1COC2CC3OC=CC=C3C=C2N1. The van der Waals surface area contributed by atoms with Gasteiger partial charge in [-0.3, -0.25) is 4.79 Å². The standard InChI is InChI=1S/C11H11NO3/c13-11-6-15-10-5-9-7(2-1-3-14-9)4-8(10)12-11/h1-4,9-10H,5-6H2,(H,12,13). The van der Waals surface area contributed by atoms with Gasteiger partial charge in [-0.15, -0.1) is 0 Å². The molecule has 0 bridgehead atoms. The van der Waals surface area contributed by atoms with Crippen molar-refractivity contribution in [3.8, 4) is 0 Å². The highest BCUT2D eigenvalue weighted by molar-refractivity contribution is 5.80. The molecule has 2 heterocycles. The first-order valence-electron chi connectivity index (χ1n) is 4.98. The number of hydrogen-bond acceptors (Lipinski definition) is 3. The molecule has 4 heteroatoms. The van der Waals surface area contributed by atoms with Gasteiger partial charge in [-0.1, -0.05) is 6.08 Å². The summed E-state index contributed by atoms with van der Waals surface area (Å²) in [7, 11) is 0. The minimum atomic E-state index is -0.0798. The monoisotopic (exact) mass is 205 g/mol. The molecular formula is C11H11NO3. The van der Waals surface area contributed by atoms with Gasteiger partial charge in [0.2, 0.25) is 5.91 Å².